The molecule has 92 valence electrons. The number of carbonyl (C=O) groups is 1. The van der Waals surface area contributed by atoms with Crippen molar-refractivity contribution >= 4 is 21.8 Å². The Morgan fingerprint density at radius 2 is 1.88 bits per heavy atom. The second kappa shape index (κ2) is 5.10. The number of rotatable bonds is 1. The lowest BCUT2D eigenvalue weighted by molar-refractivity contribution is 0.0730. The van der Waals surface area contributed by atoms with Gasteiger partial charge in [-0.05, 0) is 28.1 Å². The average Bonchev–Trinajstić information content (AvgIpc) is 2.36. The minimum absolute atomic E-state index is 0.0202. The third-order valence-corrected chi connectivity index (χ3v) is 3.28. The van der Waals surface area contributed by atoms with E-state index in [1.54, 1.807) is 0 Å². The van der Waals surface area contributed by atoms with Crippen molar-refractivity contribution < 1.29 is 13.6 Å². The molecule has 17 heavy (non-hydrogen) atoms. The number of amides is 1. The molecule has 0 unspecified atom stereocenters. The van der Waals surface area contributed by atoms with Crippen LogP contribution < -0.4 is 5.32 Å². The molecule has 0 atom stereocenters. The van der Waals surface area contributed by atoms with Crippen LogP contribution in [0, 0.1) is 11.6 Å². The number of benzene rings is 1. The molecule has 2 rings (SSSR count). The quantitative estimate of drug-likeness (QED) is 0.802. The Labute approximate surface area is 106 Å². The molecule has 1 heterocycles. The highest BCUT2D eigenvalue weighted by Gasteiger charge is 2.23. The highest BCUT2D eigenvalue weighted by Crippen LogP contribution is 2.22. The summed E-state index contributed by atoms with van der Waals surface area (Å²) in [5.74, 6) is -2.58. The standard InChI is InChI=1S/C11H11BrF2N2O/c12-8-2-1-7(9(13)10(8)14)11(17)16-5-3-15-4-6-16/h1-2,15H,3-6H2. The normalized spacial score (nSPS) is 16.1. The third-order valence-electron chi connectivity index (χ3n) is 2.67. The third kappa shape index (κ3) is 2.47. The van der Waals surface area contributed by atoms with Gasteiger partial charge in [0.2, 0.25) is 0 Å². The van der Waals surface area contributed by atoms with Crippen molar-refractivity contribution in [3.8, 4) is 0 Å². The maximum Gasteiger partial charge on any atom is 0.257 e. The van der Waals surface area contributed by atoms with Crippen LogP contribution >= 0.6 is 15.9 Å². The maximum atomic E-state index is 13.6. The smallest absolute Gasteiger partial charge is 0.257 e. The molecule has 1 N–H and O–H groups in total. The predicted octanol–water partition coefficient (Wildman–Crippen LogP) is 1.77. The summed E-state index contributed by atoms with van der Waals surface area (Å²) in [6, 6.07) is 2.64. The van der Waals surface area contributed by atoms with Gasteiger partial charge < -0.3 is 10.2 Å². The Hall–Kier alpha value is -1.01. The van der Waals surface area contributed by atoms with Crippen LogP contribution in [0.4, 0.5) is 8.78 Å². The number of piperazine rings is 1. The minimum atomic E-state index is -1.09. The zero-order chi connectivity index (χ0) is 12.4. The number of halogens is 3. The van der Waals surface area contributed by atoms with E-state index < -0.39 is 17.5 Å². The molecule has 0 aromatic heterocycles. The Balaban J connectivity index is 2.27. The molecule has 1 aromatic carbocycles. The molecule has 1 aliphatic rings. The van der Waals surface area contributed by atoms with Crippen LogP contribution in [0.5, 0.6) is 0 Å². The summed E-state index contributed by atoms with van der Waals surface area (Å²) in [4.78, 5) is 13.5. The Morgan fingerprint density at radius 1 is 1.24 bits per heavy atom. The maximum absolute atomic E-state index is 13.6. The molecule has 1 amide bonds. The largest absolute Gasteiger partial charge is 0.336 e. The van der Waals surface area contributed by atoms with Crippen molar-refractivity contribution in [2.24, 2.45) is 0 Å². The summed E-state index contributed by atoms with van der Waals surface area (Å²) in [5, 5.41) is 3.09. The topological polar surface area (TPSA) is 32.3 Å². The van der Waals surface area contributed by atoms with E-state index in [2.05, 4.69) is 21.2 Å². The van der Waals surface area contributed by atoms with Crippen LogP contribution in [0.15, 0.2) is 16.6 Å². The Kier molecular flexibility index (Phi) is 3.73. The molecule has 0 spiro atoms. The van der Waals surface area contributed by atoms with E-state index in [-0.39, 0.29) is 10.0 Å². The first-order valence-electron chi connectivity index (χ1n) is 5.24. The van der Waals surface area contributed by atoms with Crippen molar-refractivity contribution in [2.75, 3.05) is 26.2 Å². The van der Waals surface area contributed by atoms with Crippen LogP contribution in [0.1, 0.15) is 10.4 Å². The minimum Gasteiger partial charge on any atom is -0.336 e. The van der Waals surface area contributed by atoms with Crippen LogP contribution in [0.3, 0.4) is 0 Å². The highest BCUT2D eigenvalue weighted by atomic mass is 79.9. The molecule has 0 aliphatic carbocycles. The van der Waals surface area contributed by atoms with Gasteiger partial charge in [0.1, 0.15) is 0 Å². The highest BCUT2D eigenvalue weighted by molar-refractivity contribution is 9.10. The zero-order valence-corrected chi connectivity index (χ0v) is 10.6. The van der Waals surface area contributed by atoms with Crippen LogP contribution in [-0.2, 0) is 0 Å². The zero-order valence-electron chi connectivity index (χ0n) is 8.97. The summed E-state index contributed by atoms with van der Waals surface area (Å²) >= 11 is 2.88. The molecule has 0 radical (unpaired) electrons. The second-order valence-corrected chi connectivity index (χ2v) is 4.62. The van der Waals surface area contributed by atoms with Crippen molar-refractivity contribution in [1.82, 2.24) is 10.2 Å². The molecular formula is C11H11BrF2N2O. The molecule has 1 aliphatic heterocycles. The first kappa shape index (κ1) is 12.4. The van der Waals surface area contributed by atoms with Gasteiger partial charge in [-0.15, -0.1) is 0 Å². The summed E-state index contributed by atoms with van der Waals surface area (Å²) in [6.45, 7) is 2.37. The molecule has 6 heteroatoms. The second-order valence-electron chi connectivity index (χ2n) is 3.77. The van der Waals surface area contributed by atoms with Gasteiger partial charge in [0.15, 0.2) is 11.6 Å². The first-order valence-corrected chi connectivity index (χ1v) is 6.04. The van der Waals surface area contributed by atoms with Crippen LogP contribution in [0.25, 0.3) is 0 Å². The molecule has 1 saturated heterocycles. The van der Waals surface area contributed by atoms with Gasteiger partial charge in [-0.1, -0.05) is 0 Å². The van der Waals surface area contributed by atoms with E-state index in [1.165, 1.54) is 17.0 Å². The van der Waals surface area contributed by atoms with Gasteiger partial charge in [-0.25, -0.2) is 8.78 Å². The molecule has 3 nitrogen and oxygen atoms in total. The average molecular weight is 305 g/mol. The lowest BCUT2D eigenvalue weighted by atomic mass is 10.1. The summed E-state index contributed by atoms with van der Waals surface area (Å²) in [6.07, 6.45) is 0. The van der Waals surface area contributed by atoms with E-state index in [0.717, 1.165) is 0 Å². The van der Waals surface area contributed by atoms with Crippen molar-refractivity contribution in [2.45, 2.75) is 0 Å². The number of hydrogen-bond donors (Lipinski definition) is 1. The summed E-state index contributed by atoms with van der Waals surface area (Å²) in [7, 11) is 0. The van der Waals surface area contributed by atoms with Gasteiger partial charge in [-0.3, -0.25) is 4.79 Å². The lowest BCUT2D eigenvalue weighted by Gasteiger charge is -2.27. The lowest BCUT2D eigenvalue weighted by Crippen LogP contribution is -2.46. The fourth-order valence-corrected chi connectivity index (χ4v) is 2.04. The molecule has 0 saturated carbocycles. The number of hydrogen-bond acceptors (Lipinski definition) is 2. The first-order chi connectivity index (χ1) is 8.11. The number of carbonyl (C=O) groups excluding carboxylic acids is 1. The Bertz CT molecular complexity index is 447. The van der Waals surface area contributed by atoms with E-state index in [9.17, 15) is 13.6 Å². The predicted molar refractivity (Wildman–Crippen MR) is 62.8 cm³/mol. The van der Waals surface area contributed by atoms with Crippen molar-refractivity contribution in [3.05, 3.63) is 33.8 Å². The van der Waals surface area contributed by atoms with E-state index >= 15 is 0 Å². The number of nitrogens with one attached hydrogen (secondary N) is 1. The van der Waals surface area contributed by atoms with Gasteiger partial charge in [0.05, 0.1) is 10.0 Å². The summed E-state index contributed by atoms with van der Waals surface area (Å²) in [5.41, 5.74) is -0.215. The molecular weight excluding hydrogens is 294 g/mol. The van der Waals surface area contributed by atoms with E-state index in [0.29, 0.717) is 26.2 Å². The Morgan fingerprint density at radius 3 is 2.53 bits per heavy atom. The van der Waals surface area contributed by atoms with Gasteiger partial charge in [0, 0.05) is 26.2 Å². The molecule has 0 bridgehead atoms. The SMILES string of the molecule is O=C(c1ccc(Br)c(F)c1F)N1CCNCC1. The van der Waals surface area contributed by atoms with E-state index in [1.807, 2.05) is 0 Å². The fourth-order valence-electron chi connectivity index (χ4n) is 1.73. The summed E-state index contributed by atoms with van der Waals surface area (Å²) < 4.78 is 26.9. The van der Waals surface area contributed by atoms with Gasteiger partial charge in [-0.2, -0.15) is 0 Å². The van der Waals surface area contributed by atoms with Gasteiger partial charge >= 0.3 is 0 Å². The number of nitrogens with zero attached hydrogens (tertiary/aromatic N) is 1. The van der Waals surface area contributed by atoms with Crippen molar-refractivity contribution in [3.63, 3.8) is 0 Å². The van der Waals surface area contributed by atoms with Crippen LogP contribution in [0.2, 0.25) is 0 Å². The van der Waals surface area contributed by atoms with Crippen molar-refractivity contribution in [1.29, 1.82) is 0 Å². The van der Waals surface area contributed by atoms with Gasteiger partial charge in [0.25, 0.3) is 5.91 Å². The molecule has 1 fully saturated rings. The van der Waals surface area contributed by atoms with Crippen LogP contribution in [-0.4, -0.2) is 37.0 Å². The van der Waals surface area contributed by atoms with E-state index in [4.69, 9.17) is 0 Å². The monoisotopic (exact) mass is 304 g/mol. The fraction of sp³-hybridized carbons (Fsp3) is 0.364. The molecule has 1 aromatic rings.